The van der Waals surface area contributed by atoms with E-state index in [1.807, 2.05) is 4.90 Å². The first kappa shape index (κ1) is 57.4. The summed E-state index contributed by atoms with van der Waals surface area (Å²) in [5.74, 6) is 2.03. The average molecular weight is 993 g/mol. The second-order valence-corrected chi connectivity index (χ2v) is 23.1. The van der Waals surface area contributed by atoms with Crippen LogP contribution >= 0.6 is 0 Å². The molecule has 0 aromatic carbocycles. The van der Waals surface area contributed by atoms with E-state index in [0.29, 0.717) is 50.2 Å². The summed E-state index contributed by atoms with van der Waals surface area (Å²) in [5, 5.41) is 69.0. The lowest BCUT2D eigenvalue weighted by Gasteiger charge is -2.58. The number of esters is 1. The van der Waals surface area contributed by atoms with Crippen LogP contribution in [0.4, 0.5) is 0 Å². The summed E-state index contributed by atoms with van der Waals surface area (Å²) in [7, 11) is 1.38. The van der Waals surface area contributed by atoms with Gasteiger partial charge in [-0.3, -0.25) is 4.90 Å². The topological polar surface area (TPSA) is 215 Å². The van der Waals surface area contributed by atoms with Gasteiger partial charge in [-0.1, -0.05) is 79.4 Å². The highest BCUT2D eigenvalue weighted by Gasteiger charge is 2.59. The fraction of sp³-hybridized carbons (Fsp3) is 0.907. The van der Waals surface area contributed by atoms with Crippen LogP contribution in [-0.4, -0.2) is 181 Å². The van der Waals surface area contributed by atoms with Crippen molar-refractivity contribution in [1.82, 2.24) is 20.4 Å². The number of likely N-dealkylation sites (N-methyl/N-ethyl adjacent to an activating group) is 1. The quantitative estimate of drug-likeness (QED) is 0.0207. The van der Waals surface area contributed by atoms with Crippen LogP contribution < -0.4 is 10.6 Å². The molecule has 16 heteroatoms. The van der Waals surface area contributed by atoms with E-state index in [4.69, 9.17) is 23.7 Å². The minimum absolute atomic E-state index is 0.00963. The zero-order chi connectivity index (χ0) is 50.8. The van der Waals surface area contributed by atoms with Crippen LogP contribution in [0.15, 0.2) is 23.2 Å². The number of nitrogens with zero attached hydrogens (tertiary/aromatic N) is 2. The Hall–Kier alpha value is -1.93. The summed E-state index contributed by atoms with van der Waals surface area (Å²) in [4.78, 5) is 16.2. The Balaban J connectivity index is 0.891. The molecule has 6 rings (SSSR count). The van der Waals surface area contributed by atoms with Crippen LogP contribution in [0.25, 0.3) is 0 Å². The molecule has 16 nitrogen and oxygen atoms in total. The largest absolute Gasteiger partial charge is 0.505 e. The molecule has 3 saturated carbocycles. The molecule has 0 radical (unpaired) electrons. The van der Waals surface area contributed by atoms with Gasteiger partial charge in [0.15, 0.2) is 24.4 Å². The third-order valence-corrected chi connectivity index (χ3v) is 18.3. The van der Waals surface area contributed by atoms with Gasteiger partial charge >= 0.3 is 5.97 Å². The molecule has 2 aliphatic heterocycles. The molecule has 6 aliphatic rings. The summed E-state index contributed by atoms with van der Waals surface area (Å²) >= 11 is 0. The molecule has 0 aromatic heterocycles. The maximum atomic E-state index is 11.9. The molecule has 16 atom stereocenters. The van der Waals surface area contributed by atoms with E-state index in [1.165, 1.54) is 64.9 Å². The van der Waals surface area contributed by atoms with Crippen LogP contribution in [0.5, 0.6) is 0 Å². The van der Waals surface area contributed by atoms with Crippen LogP contribution in [0.2, 0.25) is 0 Å². The molecule has 8 N–H and O–H groups in total. The van der Waals surface area contributed by atoms with Crippen molar-refractivity contribution in [2.45, 2.75) is 175 Å². The first-order valence-electron chi connectivity index (χ1n) is 27.4. The van der Waals surface area contributed by atoms with E-state index in [9.17, 15) is 35.4 Å². The van der Waals surface area contributed by atoms with Gasteiger partial charge in [-0.2, -0.15) is 0 Å². The number of cyclic esters (lactones) is 1. The first-order valence-corrected chi connectivity index (χ1v) is 27.4. The molecule has 0 bridgehead atoms. The first-order chi connectivity index (χ1) is 33.4. The van der Waals surface area contributed by atoms with Gasteiger partial charge in [0.1, 0.15) is 12.2 Å². The third-order valence-electron chi connectivity index (χ3n) is 18.3. The Kier molecular flexibility index (Phi) is 21.7. The standard InChI is InChI=1S/C54H96N4O12/c1-9-57(28-29-58(32-43(59)50-47(62)48(63)51(65)70-50)27-24-55-22-19-45(60)68-33-44-36(5)46(61)49(64)52(66-8)69-44)26-23-56-25-30-67-38-17-20-53(6)37(31-38)13-14-39-41-16-15-40(35(4)12-10-11-34(2)3)54(41,7)21-18-42(39)53/h13,34-36,38-46,49-50,52,55-56,59-64H,9-12,14-33H2,1-8H3/t35-,36+,38?,39+,40-,41+,42+,43+,44?,45?,46+,49+,50?,52?,53+,54-/m1/s1. The second-order valence-electron chi connectivity index (χ2n) is 23.1. The number of hydrogen-bond donors (Lipinski definition) is 8. The molecule has 4 aliphatic carbocycles. The van der Waals surface area contributed by atoms with E-state index < -0.39 is 66.5 Å². The van der Waals surface area contributed by atoms with Crippen LogP contribution in [0, 0.1) is 52.3 Å². The molecule has 404 valence electrons. The van der Waals surface area contributed by atoms with Gasteiger partial charge in [-0.25, -0.2) is 4.79 Å². The van der Waals surface area contributed by atoms with Crippen LogP contribution in [-0.2, 0) is 28.5 Å². The summed E-state index contributed by atoms with van der Waals surface area (Å²) < 4.78 is 28.0. The van der Waals surface area contributed by atoms with Crippen molar-refractivity contribution in [2.24, 2.45) is 52.3 Å². The number of hydrogen-bond acceptors (Lipinski definition) is 16. The van der Waals surface area contributed by atoms with E-state index >= 15 is 0 Å². The number of carbonyl (C=O) groups excluding carboxylic acids is 1. The molecule has 2 heterocycles. The Labute approximate surface area is 420 Å². The lowest BCUT2D eigenvalue weighted by Crippen LogP contribution is -2.55. The summed E-state index contributed by atoms with van der Waals surface area (Å²) in [6, 6.07) is 0. The Bertz CT molecular complexity index is 1690. The Morgan fingerprint density at radius 3 is 2.31 bits per heavy atom. The van der Waals surface area contributed by atoms with E-state index in [1.54, 1.807) is 12.5 Å². The number of fused-ring (bicyclic) bond motifs is 5. The monoisotopic (exact) mass is 993 g/mol. The zero-order valence-corrected chi connectivity index (χ0v) is 44.2. The minimum Gasteiger partial charge on any atom is -0.505 e. The number of rotatable bonds is 29. The smallest absolute Gasteiger partial charge is 0.377 e. The van der Waals surface area contributed by atoms with E-state index in [-0.39, 0.29) is 25.7 Å². The molecule has 1 saturated heterocycles. The molecular weight excluding hydrogens is 897 g/mol. The number of allylic oxidation sites excluding steroid dienone is 1. The summed E-state index contributed by atoms with van der Waals surface area (Å²) in [6.07, 6.45) is 10.3. The van der Waals surface area contributed by atoms with Crippen molar-refractivity contribution >= 4 is 5.97 Å². The number of aliphatic hydroxyl groups is 6. The maximum Gasteiger partial charge on any atom is 0.377 e. The fourth-order valence-corrected chi connectivity index (χ4v) is 13.9. The van der Waals surface area contributed by atoms with E-state index in [2.05, 4.69) is 63.2 Å². The van der Waals surface area contributed by atoms with Gasteiger partial charge in [0.05, 0.1) is 31.5 Å². The number of carbonyl (C=O) groups is 1. The van der Waals surface area contributed by atoms with Gasteiger partial charge in [0.2, 0.25) is 5.76 Å². The zero-order valence-electron chi connectivity index (χ0n) is 44.2. The Morgan fingerprint density at radius 2 is 1.61 bits per heavy atom. The molecule has 4 fully saturated rings. The van der Waals surface area contributed by atoms with Gasteiger partial charge < -0.3 is 69.9 Å². The maximum absolute atomic E-state index is 11.9. The second kappa shape index (κ2) is 26.5. The lowest BCUT2D eigenvalue weighted by molar-refractivity contribution is -0.288. The lowest BCUT2D eigenvalue weighted by atomic mass is 9.47. The fourth-order valence-electron chi connectivity index (χ4n) is 13.9. The molecule has 0 spiro atoms. The number of nitrogens with one attached hydrogen (secondary N) is 2. The van der Waals surface area contributed by atoms with Crippen molar-refractivity contribution < 1.29 is 59.1 Å². The third kappa shape index (κ3) is 14.1. The van der Waals surface area contributed by atoms with Gasteiger partial charge in [0, 0.05) is 71.8 Å². The molecule has 70 heavy (non-hydrogen) atoms. The predicted molar refractivity (Wildman–Crippen MR) is 269 cm³/mol. The molecule has 5 unspecified atom stereocenters. The number of methoxy groups -OCH3 is 1. The SMILES string of the molecule is CCN(CCNCCOC1CC[C@@]2(C)C(=CC[C@H]3[C@@H]4CC[C@H]([C@H](C)CCCC(C)C)[C@@]4(C)CC[C@@H]32)C1)CCN(CCNCCC(O)OCC1OC(OC)[C@@H](O)[C@@H](O)[C@H]1C)C[C@H](O)C1OC(=O)C(O)=C1O. The summed E-state index contributed by atoms with van der Waals surface area (Å²) in [6.45, 7) is 23.2. The highest BCUT2D eigenvalue weighted by Crippen LogP contribution is 2.67. The predicted octanol–water partition coefficient (Wildman–Crippen LogP) is 5.28. The van der Waals surface area contributed by atoms with Gasteiger partial charge in [-0.05, 0) is 111 Å². The van der Waals surface area contributed by atoms with Crippen LogP contribution in [0.3, 0.4) is 0 Å². The van der Waals surface area contributed by atoms with Crippen molar-refractivity contribution in [3.63, 3.8) is 0 Å². The normalized spacial score (nSPS) is 35.7. The molecule has 0 aromatic rings. The van der Waals surface area contributed by atoms with Crippen molar-refractivity contribution in [2.75, 3.05) is 85.8 Å². The highest BCUT2D eigenvalue weighted by atomic mass is 16.7. The number of aliphatic hydroxyl groups excluding tert-OH is 6. The molecular formula is C54H96N4O12. The Morgan fingerprint density at radius 1 is 0.886 bits per heavy atom. The van der Waals surface area contributed by atoms with Crippen molar-refractivity contribution in [3.8, 4) is 0 Å². The van der Waals surface area contributed by atoms with Gasteiger partial charge in [0.25, 0.3) is 0 Å². The van der Waals surface area contributed by atoms with E-state index in [0.717, 1.165) is 74.5 Å². The van der Waals surface area contributed by atoms with Crippen LogP contribution in [0.1, 0.15) is 126 Å². The van der Waals surface area contributed by atoms with Crippen molar-refractivity contribution in [3.05, 3.63) is 23.2 Å². The number of ether oxygens (including phenoxy) is 5. The highest BCUT2D eigenvalue weighted by molar-refractivity contribution is 5.89. The molecule has 0 amide bonds. The van der Waals surface area contributed by atoms with Crippen molar-refractivity contribution in [1.29, 1.82) is 0 Å². The summed E-state index contributed by atoms with van der Waals surface area (Å²) in [5.41, 5.74) is 2.51. The average Bonchev–Trinajstić information content (AvgIpc) is 3.83. The van der Waals surface area contributed by atoms with Gasteiger partial charge in [-0.15, -0.1) is 0 Å². The minimum atomic E-state index is -1.35.